The van der Waals surface area contributed by atoms with Crippen LogP contribution in [-0.2, 0) is 13.0 Å². The van der Waals surface area contributed by atoms with Crippen LogP contribution in [-0.4, -0.2) is 46.6 Å². The van der Waals surface area contributed by atoms with E-state index in [0.29, 0.717) is 12.0 Å². The minimum Gasteiger partial charge on any atom is -0.356 e. The van der Waals surface area contributed by atoms with Crippen molar-refractivity contribution in [3.63, 3.8) is 0 Å². The van der Waals surface area contributed by atoms with Gasteiger partial charge in [-0.15, -0.1) is 34.2 Å². The van der Waals surface area contributed by atoms with Crippen LogP contribution < -0.4 is 10.6 Å². The standard InChI is InChI=1S/C17H32N6S.HI/c1-13(2)12-23-15(21-22-17(23)24-4)10-7-11-19-16(18-3)20-14-8-5-6-9-14;/h13-14H,5-12H2,1-4H3,(H2,18,19,20);1H. The van der Waals surface area contributed by atoms with E-state index in [0.717, 1.165) is 42.9 Å². The summed E-state index contributed by atoms with van der Waals surface area (Å²) in [7, 11) is 1.84. The van der Waals surface area contributed by atoms with E-state index in [1.165, 1.54) is 25.7 Å². The van der Waals surface area contributed by atoms with Gasteiger partial charge in [0.25, 0.3) is 0 Å². The molecule has 1 aliphatic carbocycles. The quantitative estimate of drug-likeness (QED) is 0.197. The van der Waals surface area contributed by atoms with E-state index in [9.17, 15) is 0 Å². The Labute approximate surface area is 173 Å². The van der Waals surface area contributed by atoms with Crippen molar-refractivity contribution in [1.82, 2.24) is 25.4 Å². The van der Waals surface area contributed by atoms with Crippen LogP contribution >= 0.6 is 35.7 Å². The zero-order chi connectivity index (χ0) is 17.4. The lowest BCUT2D eigenvalue weighted by Gasteiger charge is -2.17. The molecule has 0 aromatic carbocycles. The maximum absolute atomic E-state index is 4.38. The normalized spacial score (nSPS) is 15.5. The number of guanidine groups is 1. The lowest BCUT2D eigenvalue weighted by molar-refractivity contribution is 0.477. The first-order valence-electron chi connectivity index (χ1n) is 9.07. The molecule has 0 aliphatic heterocycles. The Morgan fingerprint density at radius 3 is 2.64 bits per heavy atom. The van der Waals surface area contributed by atoms with Crippen LogP contribution in [0.15, 0.2) is 10.1 Å². The molecule has 0 amide bonds. The first-order valence-corrected chi connectivity index (χ1v) is 10.3. The SMILES string of the molecule is CN=C(NCCCc1nnc(SC)n1CC(C)C)NC1CCCC1.I. The molecule has 0 unspecified atom stereocenters. The number of aryl methyl sites for hydroxylation is 1. The smallest absolute Gasteiger partial charge is 0.191 e. The summed E-state index contributed by atoms with van der Waals surface area (Å²) in [6.07, 6.45) is 9.21. The monoisotopic (exact) mass is 480 g/mol. The van der Waals surface area contributed by atoms with Crippen LogP contribution in [0, 0.1) is 5.92 Å². The van der Waals surface area contributed by atoms with E-state index < -0.39 is 0 Å². The van der Waals surface area contributed by atoms with E-state index in [2.05, 4.69) is 50.5 Å². The molecule has 2 rings (SSSR count). The molecule has 1 aliphatic rings. The Balaban J connectivity index is 0.00000312. The van der Waals surface area contributed by atoms with E-state index in [1.54, 1.807) is 11.8 Å². The van der Waals surface area contributed by atoms with Crippen molar-refractivity contribution in [2.24, 2.45) is 10.9 Å². The van der Waals surface area contributed by atoms with Crippen molar-refractivity contribution in [1.29, 1.82) is 0 Å². The summed E-state index contributed by atoms with van der Waals surface area (Å²) in [5, 5.41) is 16.6. The summed E-state index contributed by atoms with van der Waals surface area (Å²) in [5.41, 5.74) is 0. The first-order chi connectivity index (χ1) is 11.6. The molecule has 0 bridgehead atoms. The molecule has 144 valence electrons. The van der Waals surface area contributed by atoms with Crippen LogP contribution in [0.4, 0.5) is 0 Å². The fourth-order valence-corrected chi connectivity index (χ4v) is 3.64. The Kier molecular flexibility index (Phi) is 10.8. The molecule has 0 spiro atoms. The molecule has 6 nitrogen and oxygen atoms in total. The fraction of sp³-hybridized carbons (Fsp3) is 0.824. The summed E-state index contributed by atoms with van der Waals surface area (Å²) in [4.78, 5) is 4.33. The predicted molar refractivity (Wildman–Crippen MR) is 117 cm³/mol. The number of nitrogens with zero attached hydrogens (tertiary/aromatic N) is 4. The van der Waals surface area contributed by atoms with Crippen molar-refractivity contribution in [3.05, 3.63) is 5.82 Å². The molecule has 0 atom stereocenters. The second-order valence-electron chi connectivity index (χ2n) is 6.84. The van der Waals surface area contributed by atoms with Gasteiger partial charge < -0.3 is 15.2 Å². The third kappa shape index (κ3) is 7.32. The molecule has 2 N–H and O–H groups in total. The number of hydrogen-bond donors (Lipinski definition) is 2. The highest BCUT2D eigenvalue weighted by Crippen LogP contribution is 2.18. The summed E-state index contributed by atoms with van der Waals surface area (Å²) in [6, 6.07) is 0.592. The zero-order valence-electron chi connectivity index (χ0n) is 15.9. The van der Waals surface area contributed by atoms with Gasteiger partial charge in [-0.25, -0.2) is 0 Å². The van der Waals surface area contributed by atoms with E-state index in [4.69, 9.17) is 0 Å². The van der Waals surface area contributed by atoms with Gasteiger partial charge in [-0.1, -0.05) is 38.5 Å². The maximum atomic E-state index is 4.38. The number of aromatic nitrogens is 3. The predicted octanol–water partition coefficient (Wildman–Crippen LogP) is 3.31. The number of thioether (sulfide) groups is 1. The van der Waals surface area contributed by atoms with Gasteiger partial charge in [0.1, 0.15) is 5.82 Å². The van der Waals surface area contributed by atoms with Crippen molar-refractivity contribution in [2.45, 2.75) is 70.1 Å². The van der Waals surface area contributed by atoms with Crippen LogP contribution in [0.3, 0.4) is 0 Å². The van der Waals surface area contributed by atoms with Crippen LogP contribution in [0.25, 0.3) is 0 Å². The van der Waals surface area contributed by atoms with E-state index in [1.807, 2.05) is 7.05 Å². The molecule has 1 fully saturated rings. The second kappa shape index (κ2) is 12.0. The highest BCUT2D eigenvalue weighted by atomic mass is 127. The number of hydrogen-bond acceptors (Lipinski definition) is 4. The molecular weight excluding hydrogens is 447 g/mol. The Morgan fingerprint density at radius 2 is 2.04 bits per heavy atom. The molecule has 1 saturated carbocycles. The molecular formula is C17H33IN6S. The highest BCUT2D eigenvalue weighted by molar-refractivity contribution is 14.0. The van der Waals surface area contributed by atoms with Crippen molar-refractivity contribution in [3.8, 4) is 0 Å². The van der Waals surface area contributed by atoms with Crippen LogP contribution in [0.5, 0.6) is 0 Å². The van der Waals surface area contributed by atoms with Gasteiger partial charge >= 0.3 is 0 Å². The summed E-state index contributed by atoms with van der Waals surface area (Å²) in [5.74, 6) is 2.61. The van der Waals surface area contributed by atoms with Crippen molar-refractivity contribution >= 4 is 41.7 Å². The molecule has 1 aromatic heterocycles. The molecule has 0 radical (unpaired) electrons. The highest BCUT2D eigenvalue weighted by Gasteiger charge is 2.16. The average molecular weight is 480 g/mol. The third-order valence-corrected chi connectivity index (χ3v) is 4.98. The third-order valence-electron chi connectivity index (χ3n) is 4.31. The molecule has 25 heavy (non-hydrogen) atoms. The fourth-order valence-electron chi connectivity index (χ4n) is 3.11. The first kappa shape index (κ1) is 22.5. The Hall–Kier alpha value is -0.510. The summed E-state index contributed by atoms with van der Waals surface area (Å²) < 4.78 is 2.26. The van der Waals surface area contributed by atoms with E-state index in [-0.39, 0.29) is 24.0 Å². The van der Waals surface area contributed by atoms with Crippen molar-refractivity contribution < 1.29 is 0 Å². The number of rotatable bonds is 8. The van der Waals surface area contributed by atoms with Gasteiger partial charge in [0, 0.05) is 32.6 Å². The lowest BCUT2D eigenvalue weighted by Crippen LogP contribution is -2.42. The zero-order valence-corrected chi connectivity index (χ0v) is 19.1. The van der Waals surface area contributed by atoms with Gasteiger partial charge in [-0.2, -0.15) is 0 Å². The van der Waals surface area contributed by atoms with Gasteiger partial charge in [0.2, 0.25) is 0 Å². The molecule has 8 heteroatoms. The van der Waals surface area contributed by atoms with Gasteiger partial charge in [-0.3, -0.25) is 4.99 Å². The maximum Gasteiger partial charge on any atom is 0.191 e. The van der Waals surface area contributed by atoms with Crippen LogP contribution in [0.2, 0.25) is 0 Å². The summed E-state index contributed by atoms with van der Waals surface area (Å²) in [6.45, 7) is 6.34. The number of halogens is 1. The van der Waals surface area contributed by atoms with Gasteiger partial charge in [0.15, 0.2) is 11.1 Å². The number of nitrogens with one attached hydrogen (secondary N) is 2. The van der Waals surface area contributed by atoms with E-state index >= 15 is 0 Å². The summed E-state index contributed by atoms with van der Waals surface area (Å²) >= 11 is 1.67. The second-order valence-corrected chi connectivity index (χ2v) is 7.61. The lowest BCUT2D eigenvalue weighted by atomic mass is 10.2. The van der Waals surface area contributed by atoms with Gasteiger partial charge in [-0.05, 0) is 31.4 Å². The Morgan fingerprint density at radius 1 is 1.32 bits per heavy atom. The van der Waals surface area contributed by atoms with Crippen molar-refractivity contribution in [2.75, 3.05) is 19.8 Å². The number of aliphatic imine (C=N–C) groups is 1. The molecule has 1 aromatic rings. The van der Waals surface area contributed by atoms with Gasteiger partial charge in [0.05, 0.1) is 0 Å². The minimum atomic E-state index is 0. The molecule has 0 saturated heterocycles. The largest absolute Gasteiger partial charge is 0.356 e. The van der Waals surface area contributed by atoms with Crippen LogP contribution in [0.1, 0.15) is 51.8 Å². The topological polar surface area (TPSA) is 67.1 Å². The molecule has 1 heterocycles. The minimum absolute atomic E-state index is 0. The average Bonchev–Trinajstić information content (AvgIpc) is 3.20. The Bertz CT molecular complexity index is 525.